The van der Waals surface area contributed by atoms with Gasteiger partial charge in [0.15, 0.2) is 0 Å². The van der Waals surface area contributed by atoms with E-state index in [0.29, 0.717) is 11.4 Å². The predicted octanol–water partition coefficient (Wildman–Crippen LogP) is 3.94. The molecule has 0 spiro atoms. The van der Waals surface area contributed by atoms with Gasteiger partial charge in [-0.1, -0.05) is 0 Å². The summed E-state index contributed by atoms with van der Waals surface area (Å²) in [6.07, 6.45) is 5.20. The van der Waals surface area contributed by atoms with Crippen LogP contribution in [-0.2, 0) is 29.3 Å². The molecule has 1 aromatic carbocycles. The highest BCUT2D eigenvalue weighted by Gasteiger charge is 2.19. The zero-order valence-corrected chi connectivity index (χ0v) is 15.9. The van der Waals surface area contributed by atoms with Crippen LogP contribution in [0.3, 0.4) is 0 Å². The van der Waals surface area contributed by atoms with Crippen LogP contribution in [0.5, 0.6) is 0 Å². The number of thiophene rings is 1. The van der Waals surface area contributed by atoms with Crippen molar-refractivity contribution in [1.82, 2.24) is 9.71 Å². The Kier molecular flexibility index (Phi) is 4.43. The van der Waals surface area contributed by atoms with Gasteiger partial charge in [0.25, 0.3) is 0 Å². The number of nitrogens with one attached hydrogen (secondary N) is 2. The topological polar surface area (TPSA) is 62.0 Å². The molecule has 3 aromatic rings. The summed E-state index contributed by atoms with van der Waals surface area (Å²) < 4.78 is 28.1. The SMILES string of the molecule is Cc1ccsc1CCNS(=O)(=O)c1ccc2[nH]c3c(c2c1)CCCC3. The molecule has 0 unspecified atom stereocenters. The van der Waals surface area contributed by atoms with E-state index in [1.54, 1.807) is 17.4 Å². The van der Waals surface area contributed by atoms with E-state index in [1.807, 2.05) is 17.5 Å². The normalized spacial score (nSPS) is 14.8. The van der Waals surface area contributed by atoms with Gasteiger partial charge < -0.3 is 4.98 Å². The lowest BCUT2D eigenvalue weighted by molar-refractivity contribution is 0.582. The Morgan fingerprint density at radius 3 is 2.84 bits per heavy atom. The summed E-state index contributed by atoms with van der Waals surface area (Å²) in [5.74, 6) is 0. The maximum Gasteiger partial charge on any atom is 0.240 e. The third kappa shape index (κ3) is 3.26. The number of hydrogen-bond donors (Lipinski definition) is 2. The fourth-order valence-electron chi connectivity index (χ4n) is 3.59. The number of aromatic nitrogens is 1. The number of rotatable bonds is 5. The second-order valence-electron chi connectivity index (χ2n) is 6.67. The van der Waals surface area contributed by atoms with Crippen LogP contribution in [0.1, 0.15) is 34.5 Å². The minimum absolute atomic E-state index is 0.357. The average molecular weight is 375 g/mol. The zero-order chi connectivity index (χ0) is 17.4. The highest BCUT2D eigenvalue weighted by molar-refractivity contribution is 7.89. The molecule has 1 aliphatic rings. The van der Waals surface area contributed by atoms with Crippen LogP contribution >= 0.6 is 11.3 Å². The summed E-state index contributed by atoms with van der Waals surface area (Å²) in [7, 11) is -3.48. The Bertz CT molecular complexity index is 1020. The van der Waals surface area contributed by atoms with E-state index in [2.05, 4.69) is 22.7 Å². The highest BCUT2D eigenvalue weighted by atomic mass is 32.2. The van der Waals surface area contributed by atoms with Gasteiger partial charge in [-0.05, 0) is 79.8 Å². The summed E-state index contributed by atoms with van der Waals surface area (Å²) in [4.78, 5) is 5.04. The number of sulfonamides is 1. The second kappa shape index (κ2) is 6.59. The second-order valence-corrected chi connectivity index (χ2v) is 9.44. The van der Waals surface area contributed by atoms with Crippen molar-refractivity contribution in [3.63, 3.8) is 0 Å². The van der Waals surface area contributed by atoms with Crippen LogP contribution < -0.4 is 4.72 Å². The minimum atomic E-state index is -3.48. The first-order valence-corrected chi connectivity index (χ1v) is 11.1. The highest BCUT2D eigenvalue weighted by Crippen LogP contribution is 2.30. The summed E-state index contributed by atoms with van der Waals surface area (Å²) >= 11 is 1.68. The maximum absolute atomic E-state index is 12.7. The van der Waals surface area contributed by atoms with Gasteiger partial charge in [0.1, 0.15) is 0 Å². The molecule has 4 nitrogen and oxygen atoms in total. The molecule has 4 rings (SSSR count). The molecule has 0 fully saturated rings. The van der Waals surface area contributed by atoms with Crippen LogP contribution in [0, 0.1) is 6.92 Å². The quantitative estimate of drug-likeness (QED) is 0.711. The zero-order valence-electron chi connectivity index (χ0n) is 14.3. The van der Waals surface area contributed by atoms with E-state index >= 15 is 0 Å². The van der Waals surface area contributed by atoms with Crippen LogP contribution in [0.4, 0.5) is 0 Å². The lowest BCUT2D eigenvalue weighted by Crippen LogP contribution is -2.25. The fraction of sp³-hybridized carbons (Fsp3) is 0.368. The molecule has 0 radical (unpaired) electrons. The van der Waals surface area contributed by atoms with Gasteiger partial charge in [-0.3, -0.25) is 0 Å². The lowest BCUT2D eigenvalue weighted by atomic mass is 9.96. The van der Waals surface area contributed by atoms with E-state index in [1.165, 1.54) is 34.5 Å². The van der Waals surface area contributed by atoms with Crippen LogP contribution in [0.25, 0.3) is 10.9 Å². The van der Waals surface area contributed by atoms with Gasteiger partial charge in [-0.15, -0.1) is 11.3 Å². The largest absolute Gasteiger partial charge is 0.358 e. The first-order chi connectivity index (χ1) is 12.0. The molecule has 0 amide bonds. The van der Waals surface area contributed by atoms with Crippen molar-refractivity contribution in [2.24, 2.45) is 0 Å². The lowest BCUT2D eigenvalue weighted by Gasteiger charge is -2.11. The van der Waals surface area contributed by atoms with Crippen molar-refractivity contribution in [2.75, 3.05) is 6.54 Å². The number of aryl methyl sites for hydroxylation is 3. The summed E-state index contributed by atoms with van der Waals surface area (Å²) in [5.41, 5.74) is 4.84. The van der Waals surface area contributed by atoms with Gasteiger partial charge in [0.05, 0.1) is 4.90 Å². The third-order valence-electron chi connectivity index (χ3n) is 4.99. The van der Waals surface area contributed by atoms with Crippen molar-refractivity contribution in [1.29, 1.82) is 0 Å². The van der Waals surface area contributed by atoms with Gasteiger partial charge >= 0.3 is 0 Å². The van der Waals surface area contributed by atoms with Gasteiger partial charge in [0.2, 0.25) is 10.0 Å². The number of H-pyrrole nitrogens is 1. The van der Waals surface area contributed by atoms with E-state index in [4.69, 9.17) is 0 Å². The summed E-state index contributed by atoms with van der Waals surface area (Å²) in [6, 6.07) is 7.49. The Morgan fingerprint density at radius 2 is 2.04 bits per heavy atom. The molecule has 132 valence electrons. The van der Waals surface area contributed by atoms with Crippen molar-refractivity contribution in [2.45, 2.75) is 43.9 Å². The Morgan fingerprint density at radius 1 is 1.20 bits per heavy atom. The molecule has 0 bridgehead atoms. The van der Waals surface area contributed by atoms with Crippen molar-refractivity contribution < 1.29 is 8.42 Å². The van der Waals surface area contributed by atoms with Gasteiger partial charge in [-0.25, -0.2) is 13.1 Å². The van der Waals surface area contributed by atoms with Gasteiger partial charge in [-0.2, -0.15) is 0 Å². The number of hydrogen-bond acceptors (Lipinski definition) is 3. The molecule has 0 aliphatic heterocycles. The van der Waals surface area contributed by atoms with Crippen LogP contribution in [-0.4, -0.2) is 19.9 Å². The first-order valence-electron chi connectivity index (χ1n) is 8.71. The molecule has 25 heavy (non-hydrogen) atoms. The molecule has 2 aromatic heterocycles. The molecule has 0 saturated carbocycles. The third-order valence-corrected chi connectivity index (χ3v) is 7.53. The minimum Gasteiger partial charge on any atom is -0.358 e. The number of benzene rings is 1. The summed E-state index contributed by atoms with van der Waals surface area (Å²) in [6.45, 7) is 2.48. The number of aromatic amines is 1. The molecule has 0 atom stereocenters. The number of fused-ring (bicyclic) bond motifs is 3. The molecule has 2 N–H and O–H groups in total. The average Bonchev–Trinajstić information content (AvgIpc) is 3.17. The van der Waals surface area contributed by atoms with Crippen molar-refractivity contribution in [3.8, 4) is 0 Å². The standard InChI is InChI=1S/C19H22N2O2S2/c1-13-9-11-24-19(13)8-10-20-25(22,23)14-6-7-18-16(12-14)15-4-2-3-5-17(15)21-18/h6-7,9,11-12,20-21H,2-5,8,10H2,1H3. The van der Waals surface area contributed by atoms with Crippen LogP contribution in [0.15, 0.2) is 34.5 Å². The molecule has 1 aliphatic carbocycles. The molecule has 0 saturated heterocycles. The van der Waals surface area contributed by atoms with E-state index in [-0.39, 0.29) is 0 Å². The monoisotopic (exact) mass is 374 g/mol. The molecular weight excluding hydrogens is 352 g/mol. The van der Waals surface area contributed by atoms with Crippen molar-refractivity contribution in [3.05, 3.63) is 51.3 Å². The Balaban J connectivity index is 1.56. The Hall–Kier alpha value is -1.63. The molecular formula is C19H22N2O2S2. The fourth-order valence-corrected chi connectivity index (χ4v) is 5.56. The van der Waals surface area contributed by atoms with Crippen molar-refractivity contribution >= 4 is 32.3 Å². The smallest absolute Gasteiger partial charge is 0.240 e. The molecule has 2 heterocycles. The van der Waals surface area contributed by atoms with E-state index in [9.17, 15) is 8.42 Å². The Labute approximate surface area is 152 Å². The maximum atomic E-state index is 12.7. The van der Waals surface area contributed by atoms with Gasteiger partial charge in [0, 0.05) is 28.0 Å². The van der Waals surface area contributed by atoms with E-state index < -0.39 is 10.0 Å². The van der Waals surface area contributed by atoms with E-state index in [0.717, 1.165) is 30.2 Å². The van der Waals surface area contributed by atoms with Crippen LogP contribution in [0.2, 0.25) is 0 Å². The predicted molar refractivity (Wildman–Crippen MR) is 103 cm³/mol. The summed E-state index contributed by atoms with van der Waals surface area (Å²) in [5, 5.41) is 3.11. The first kappa shape index (κ1) is 16.8. The molecule has 6 heteroatoms.